The van der Waals surface area contributed by atoms with E-state index in [-0.39, 0.29) is 18.0 Å². The summed E-state index contributed by atoms with van der Waals surface area (Å²) in [7, 11) is 0. The van der Waals surface area contributed by atoms with Crippen LogP contribution in [0.15, 0.2) is 24.3 Å². The van der Waals surface area contributed by atoms with Crippen molar-refractivity contribution >= 4 is 11.6 Å². The lowest BCUT2D eigenvalue weighted by molar-refractivity contribution is -0.124. The van der Waals surface area contributed by atoms with E-state index >= 15 is 0 Å². The molecule has 1 fully saturated rings. The Kier molecular flexibility index (Phi) is 3.45. The molecule has 100 valence electrons. The van der Waals surface area contributed by atoms with Crippen LogP contribution in [0, 0.1) is 11.3 Å². The molecule has 1 aliphatic heterocycles. The van der Waals surface area contributed by atoms with Gasteiger partial charge in [0.15, 0.2) is 0 Å². The molecule has 1 aromatic rings. The van der Waals surface area contributed by atoms with Crippen molar-refractivity contribution in [1.82, 2.24) is 5.32 Å². The topological polar surface area (TPSA) is 82.2 Å². The fourth-order valence-electron chi connectivity index (χ4n) is 2.53. The molecule has 3 N–H and O–H groups in total. The van der Waals surface area contributed by atoms with Gasteiger partial charge < -0.3 is 16.0 Å². The summed E-state index contributed by atoms with van der Waals surface area (Å²) in [5.41, 5.74) is 6.78. The smallest absolute Gasteiger partial charge is 0.244 e. The molecule has 0 spiro atoms. The monoisotopic (exact) mass is 258 g/mol. The molecule has 1 unspecified atom stereocenters. The van der Waals surface area contributed by atoms with E-state index in [1.54, 1.807) is 6.07 Å². The van der Waals surface area contributed by atoms with E-state index in [9.17, 15) is 10.1 Å². The van der Waals surface area contributed by atoms with Crippen LogP contribution in [0.25, 0.3) is 0 Å². The Morgan fingerprint density at radius 1 is 1.53 bits per heavy atom. The van der Waals surface area contributed by atoms with Gasteiger partial charge in [-0.15, -0.1) is 0 Å². The summed E-state index contributed by atoms with van der Waals surface area (Å²) in [5, 5.41) is 12.1. The Hall–Kier alpha value is -2.06. The fraction of sp³-hybridized carbons (Fsp3) is 0.429. The van der Waals surface area contributed by atoms with Gasteiger partial charge in [-0.25, -0.2) is 0 Å². The van der Waals surface area contributed by atoms with E-state index in [4.69, 9.17) is 5.73 Å². The van der Waals surface area contributed by atoms with Gasteiger partial charge in [-0.05, 0) is 26.0 Å². The van der Waals surface area contributed by atoms with Crippen LogP contribution in [0.4, 0.5) is 5.69 Å². The molecular weight excluding hydrogens is 240 g/mol. The highest BCUT2D eigenvalue weighted by molar-refractivity contribution is 5.88. The number of nitrogens with zero attached hydrogens (tertiary/aromatic N) is 2. The highest BCUT2D eigenvalue weighted by Crippen LogP contribution is 2.31. The Labute approximate surface area is 113 Å². The number of amides is 1. The second-order valence-corrected chi connectivity index (χ2v) is 5.28. The molecule has 5 heteroatoms. The van der Waals surface area contributed by atoms with Crippen LogP contribution in [0.5, 0.6) is 0 Å². The summed E-state index contributed by atoms with van der Waals surface area (Å²) >= 11 is 0. The third kappa shape index (κ3) is 2.27. The zero-order valence-electron chi connectivity index (χ0n) is 11.2. The lowest BCUT2D eigenvalue weighted by Crippen LogP contribution is -2.68. The highest BCUT2D eigenvalue weighted by Gasteiger charge is 2.41. The zero-order chi connectivity index (χ0) is 14.0. The van der Waals surface area contributed by atoms with Crippen LogP contribution in [0.1, 0.15) is 19.4 Å². The van der Waals surface area contributed by atoms with Crippen LogP contribution < -0.4 is 16.0 Å². The van der Waals surface area contributed by atoms with E-state index in [2.05, 4.69) is 11.4 Å². The van der Waals surface area contributed by atoms with Gasteiger partial charge in [0.1, 0.15) is 12.1 Å². The summed E-state index contributed by atoms with van der Waals surface area (Å²) in [6.07, 6.45) is 0. The molecule has 0 aliphatic carbocycles. The van der Waals surface area contributed by atoms with Crippen molar-refractivity contribution in [3.8, 4) is 6.07 Å². The minimum absolute atomic E-state index is 0.0884. The second-order valence-electron chi connectivity index (χ2n) is 5.28. The number of hydrogen-bond acceptors (Lipinski definition) is 4. The standard InChI is InChI=1S/C14H18N4O/c1-14(2)9-17-13(19)12(8-16)18(14)11-6-4-3-5-10(11)7-15/h3-6,12H,8-9,16H2,1-2H3,(H,17,19). The van der Waals surface area contributed by atoms with Crippen molar-refractivity contribution in [3.05, 3.63) is 29.8 Å². The van der Waals surface area contributed by atoms with Gasteiger partial charge in [0.2, 0.25) is 5.91 Å². The predicted octanol–water partition coefficient (Wildman–Crippen LogP) is 0.600. The first kappa shape index (κ1) is 13.4. The minimum atomic E-state index is -0.446. The minimum Gasteiger partial charge on any atom is -0.352 e. The number of para-hydroxylation sites is 1. The van der Waals surface area contributed by atoms with Crippen molar-refractivity contribution in [2.24, 2.45) is 5.73 Å². The maximum atomic E-state index is 12.0. The normalized spacial score (nSPS) is 21.7. The number of carbonyl (C=O) groups is 1. The van der Waals surface area contributed by atoms with E-state index < -0.39 is 6.04 Å². The average molecular weight is 258 g/mol. The molecule has 1 amide bonds. The van der Waals surface area contributed by atoms with Gasteiger partial charge >= 0.3 is 0 Å². The summed E-state index contributed by atoms with van der Waals surface area (Å²) in [6, 6.07) is 9.03. The summed E-state index contributed by atoms with van der Waals surface area (Å²) in [6.45, 7) is 4.81. The first-order chi connectivity index (χ1) is 9.01. The maximum Gasteiger partial charge on any atom is 0.244 e. The molecule has 19 heavy (non-hydrogen) atoms. The molecule has 0 radical (unpaired) electrons. The number of carbonyl (C=O) groups excluding carboxylic acids is 1. The van der Waals surface area contributed by atoms with E-state index in [0.29, 0.717) is 12.1 Å². The Bertz CT molecular complexity index is 532. The molecule has 1 heterocycles. The van der Waals surface area contributed by atoms with Gasteiger partial charge in [0.05, 0.1) is 16.8 Å². The van der Waals surface area contributed by atoms with Crippen LogP contribution in [0.2, 0.25) is 0 Å². The van der Waals surface area contributed by atoms with Gasteiger partial charge in [-0.1, -0.05) is 12.1 Å². The van der Waals surface area contributed by atoms with E-state index in [1.807, 2.05) is 36.9 Å². The molecule has 0 saturated carbocycles. The Morgan fingerprint density at radius 3 is 2.84 bits per heavy atom. The number of piperazine rings is 1. The number of nitrogens with one attached hydrogen (secondary N) is 1. The number of nitriles is 1. The predicted molar refractivity (Wildman–Crippen MR) is 73.6 cm³/mol. The molecule has 1 aliphatic rings. The number of rotatable bonds is 2. The fourth-order valence-corrected chi connectivity index (χ4v) is 2.53. The Balaban J connectivity index is 2.54. The largest absolute Gasteiger partial charge is 0.352 e. The molecule has 0 bridgehead atoms. The van der Waals surface area contributed by atoms with Crippen LogP contribution in [-0.4, -0.2) is 30.6 Å². The van der Waals surface area contributed by atoms with E-state index in [0.717, 1.165) is 5.69 Å². The van der Waals surface area contributed by atoms with Gasteiger partial charge in [0, 0.05) is 13.1 Å². The van der Waals surface area contributed by atoms with Gasteiger partial charge in [0.25, 0.3) is 0 Å². The molecule has 0 aromatic heterocycles. The second kappa shape index (κ2) is 4.90. The molecular formula is C14H18N4O. The van der Waals surface area contributed by atoms with Crippen molar-refractivity contribution in [3.63, 3.8) is 0 Å². The highest BCUT2D eigenvalue weighted by atomic mass is 16.2. The SMILES string of the molecule is CC1(C)CNC(=O)C(CN)N1c1ccccc1C#N. The lowest BCUT2D eigenvalue weighted by Gasteiger charge is -2.48. The summed E-state index contributed by atoms with van der Waals surface area (Å²) < 4.78 is 0. The quantitative estimate of drug-likeness (QED) is 0.814. The molecule has 1 saturated heterocycles. The lowest BCUT2D eigenvalue weighted by atomic mass is 9.93. The van der Waals surface area contributed by atoms with E-state index in [1.165, 1.54) is 0 Å². The first-order valence-corrected chi connectivity index (χ1v) is 6.27. The van der Waals surface area contributed by atoms with Crippen LogP contribution in [0.3, 0.4) is 0 Å². The Morgan fingerprint density at radius 2 is 2.21 bits per heavy atom. The number of nitrogens with two attached hydrogens (primary N) is 1. The van der Waals surface area contributed by atoms with Crippen molar-refractivity contribution < 1.29 is 4.79 Å². The third-order valence-corrected chi connectivity index (χ3v) is 3.47. The van der Waals surface area contributed by atoms with Crippen molar-refractivity contribution in [2.45, 2.75) is 25.4 Å². The number of benzene rings is 1. The summed E-state index contributed by atoms with van der Waals surface area (Å²) in [5.74, 6) is -0.0884. The van der Waals surface area contributed by atoms with Crippen molar-refractivity contribution in [1.29, 1.82) is 5.26 Å². The van der Waals surface area contributed by atoms with Crippen LogP contribution in [-0.2, 0) is 4.79 Å². The number of hydrogen-bond donors (Lipinski definition) is 2. The third-order valence-electron chi connectivity index (χ3n) is 3.47. The molecule has 2 rings (SSSR count). The zero-order valence-corrected chi connectivity index (χ0v) is 11.2. The molecule has 5 nitrogen and oxygen atoms in total. The molecule has 1 atom stereocenters. The van der Waals surface area contributed by atoms with Crippen molar-refractivity contribution in [2.75, 3.05) is 18.0 Å². The van der Waals surface area contributed by atoms with Gasteiger partial charge in [-0.2, -0.15) is 5.26 Å². The average Bonchev–Trinajstić information content (AvgIpc) is 2.41. The first-order valence-electron chi connectivity index (χ1n) is 6.27. The maximum absolute atomic E-state index is 12.0. The molecule has 1 aromatic carbocycles. The summed E-state index contributed by atoms with van der Waals surface area (Å²) in [4.78, 5) is 13.9. The van der Waals surface area contributed by atoms with Crippen LogP contribution >= 0.6 is 0 Å². The van der Waals surface area contributed by atoms with Gasteiger partial charge in [-0.3, -0.25) is 4.79 Å². The number of anilines is 1.